The third kappa shape index (κ3) is 4.85. The molecular formula is C27H31NO7. The number of fused-ring (bicyclic) bond motifs is 1. The molecule has 8 heteroatoms. The number of aliphatic hydroxyl groups excluding tert-OH is 2. The Labute approximate surface area is 204 Å². The van der Waals surface area contributed by atoms with Crippen molar-refractivity contribution in [3.63, 3.8) is 0 Å². The summed E-state index contributed by atoms with van der Waals surface area (Å²) in [5, 5.41) is 21.9. The average molecular weight is 482 g/mol. The molecule has 0 spiro atoms. The van der Waals surface area contributed by atoms with Crippen LogP contribution in [0.2, 0.25) is 0 Å². The number of amides is 1. The van der Waals surface area contributed by atoms with Gasteiger partial charge in [-0.05, 0) is 24.1 Å². The quantitative estimate of drug-likeness (QED) is 0.586. The minimum atomic E-state index is -1.34. The van der Waals surface area contributed by atoms with Crippen LogP contribution in [0.15, 0.2) is 66.7 Å². The van der Waals surface area contributed by atoms with Gasteiger partial charge in [0.15, 0.2) is 12.5 Å². The van der Waals surface area contributed by atoms with Crippen molar-refractivity contribution in [2.75, 3.05) is 6.61 Å². The van der Waals surface area contributed by atoms with E-state index in [0.717, 1.165) is 12.0 Å². The lowest BCUT2D eigenvalue weighted by molar-refractivity contribution is -0.344. The van der Waals surface area contributed by atoms with Crippen LogP contribution in [0.25, 0.3) is 6.08 Å². The number of carbonyl (C=O) groups excluding carboxylic acids is 1. The lowest BCUT2D eigenvalue weighted by Gasteiger charge is -2.54. The number of benzene rings is 2. The maximum atomic E-state index is 13.3. The summed E-state index contributed by atoms with van der Waals surface area (Å²) >= 11 is 0. The van der Waals surface area contributed by atoms with Crippen LogP contribution in [-0.4, -0.2) is 76.7 Å². The summed E-state index contributed by atoms with van der Waals surface area (Å²) < 4.78 is 23.7. The molecule has 1 amide bonds. The second-order valence-corrected chi connectivity index (χ2v) is 9.06. The summed E-state index contributed by atoms with van der Waals surface area (Å²) in [6.07, 6.45) is -0.857. The maximum Gasteiger partial charge on any atom is 0.268 e. The predicted molar refractivity (Wildman–Crippen MR) is 127 cm³/mol. The molecule has 0 radical (unpaired) electrons. The van der Waals surface area contributed by atoms with Crippen molar-refractivity contribution in [2.24, 2.45) is 0 Å². The Hall–Kier alpha value is -2.75. The third-order valence-electron chi connectivity index (χ3n) is 6.63. The molecule has 3 aliphatic rings. The molecule has 3 saturated heterocycles. The molecule has 0 saturated carbocycles. The lowest BCUT2D eigenvalue weighted by Crippen LogP contribution is -2.75. The smallest absolute Gasteiger partial charge is 0.268 e. The van der Waals surface area contributed by atoms with E-state index < -0.39 is 49.1 Å². The van der Waals surface area contributed by atoms with Gasteiger partial charge < -0.3 is 34.1 Å². The van der Waals surface area contributed by atoms with Crippen molar-refractivity contribution in [2.45, 2.75) is 68.8 Å². The van der Waals surface area contributed by atoms with Gasteiger partial charge >= 0.3 is 0 Å². The first-order valence-electron chi connectivity index (χ1n) is 12.1. The Morgan fingerprint density at radius 2 is 1.74 bits per heavy atom. The molecule has 5 rings (SSSR count). The Kier molecular flexibility index (Phi) is 7.17. The second kappa shape index (κ2) is 10.5. The summed E-state index contributed by atoms with van der Waals surface area (Å²) in [6.45, 7) is 2.23. The number of rotatable bonds is 7. The van der Waals surface area contributed by atoms with Crippen LogP contribution in [0.1, 0.15) is 25.3 Å². The van der Waals surface area contributed by atoms with Crippen LogP contribution in [0, 0.1) is 0 Å². The van der Waals surface area contributed by atoms with E-state index in [1.165, 1.54) is 4.90 Å². The topological polar surface area (TPSA) is 97.7 Å². The van der Waals surface area contributed by atoms with Gasteiger partial charge in [-0.15, -0.1) is 0 Å². The molecule has 3 aliphatic heterocycles. The highest BCUT2D eigenvalue weighted by Gasteiger charge is 2.58. The molecule has 1 unspecified atom stereocenters. The zero-order chi connectivity index (χ0) is 24.4. The first-order valence-corrected chi connectivity index (χ1v) is 12.1. The van der Waals surface area contributed by atoms with Gasteiger partial charge in [0, 0.05) is 0 Å². The molecule has 8 atom stereocenters. The molecule has 0 aliphatic carbocycles. The van der Waals surface area contributed by atoms with Crippen LogP contribution in [0.5, 0.6) is 5.75 Å². The Morgan fingerprint density at radius 3 is 2.46 bits per heavy atom. The van der Waals surface area contributed by atoms with E-state index in [9.17, 15) is 15.0 Å². The fourth-order valence-electron chi connectivity index (χ4n) is 4.79. The summed E-state index contributed by atoms with van der Waals surface area (Å²) in [6, 6.07) is 18.3. The monoisotopic (exact) mass is 481 g/mol. The minimum absolute atomic E-state index is 0.214. The molecule has 2 aromatic rings. The number of hydrogen-bond donors (Lipinski definition) is 2. The van der Waals surface area contributed by atoms with Gasteiger partial charge in [0.05, 0.1) is 12.6 Å². The van der Waals surface area contributed by atoms with Crippen molar-refractivity contribution in [3.05, 3.63) is 72.3 Å². The molecule has 3 fully saturated rings. The normalized spacial score (nSPS) is 34.9. The summed E-state index contributed by atoms with van der Waals surface area (Å²) in [5.74, 6) is 0.248. The molecule has 2 aromatic carbocycles. The van der Waals surface area contributed by atoms with Gasteiger partial charge in [0.1, 0.15) is 30.2 Å². The fourth-order valence-corrected chi connectivity index (χ4v) is 4.79. The van der Waals surface area contributed by atoms with Gasteiger partial charge in [0.2, 0.25) is 6.10 Å². The zero-order valence-electron chi connectivity index (χ0n) is 19.6. The van der Waals surface area contributed by atoms with Crippen LogP contribution in [-0.2, 0) is 19.0 Å². The van der Waals surface area contributed by atoms with E-state index in [1.54, 1.807) is 12.1 Å². The summed E-state index contributed by atoms with van der Waals surface area (Å²) in [4.78, 5) is 14.7. The van der Waals surface area contributed by atoms with Crippen LogP contribution in [0.4, 0.5) is 0 Å². The molecule has 2 N–H and O–H groups in total. The molecular weight excluding hydrogens is 450 g/mol. The molecule has 186 valence electrons. The second-order valence-electron chi connectivity index (χ2n) is 9.06. The molecule has 0 aromatic heterocycles. The van der Waals surface area contributed by atoms with Crippen LogP contribution < -0.4 is 4.74 Å². The number of β-lactam (4-membered cyclic amide) rings is 1. The fraction of sp³-hybridized carbons (Fsp3) is 0.444. The Morgan fingerprint density at radius 1 is 1.03 bits per heavy atom. The van der Waals surface area contributed by atoms with E-state index >= 15 is 0 Å². The highest BCUT2D eigenvalue weighted by atomic mass is 16.7. The number of nitrogens with zero attached hydrogens (tertiary/aromatic N) is 1. The zero-order valence-corrected chi connectivity index (χ0v) is 19.6. The van der Waals surface area contributed by atoms with Gasteiger partial charge in [0.25, 0.3) is 5.91 Å². The van der Waals surface area contributed by atoms with Crippen molar-refractivity contribution in [1.29, 1.82) is 0 Å². The van der Waals surface area contributed by atoms with Crippen molar-refractivity contribution < 1.29 is 34.0 Å². The highest BCUT2D eigenvalue weighted by molar-refractivity contribution is 5.90. The molecule has 3 heterocycles. The largest absolute Gasteiger partial charge is 0.478 e. The number of likely N-dealkylation sites (tertiary alicyclic amines) is 1. The van der Waals surface area contributed by atoms with Crippen molar-refractivity contribution in [3.8, 4) is 5.75 Å². The summed E-state index contributed by atoms with van der Waals surface area (Å²) in [5.41, 5.74) is 0.964. The van der Waals surface area contributed by atoms with Gasteiger partial charge in [-0.3, -0.25) is 4.79 Å². The number of hydrogen-bond acceptors (Lipinski definition) is 7. The van der Waals surface area contributed by atoms with Crippen molar-refractivity contribution in [1.82, 2.24) is 4.90 Å². The first kappa shape index (κ1) is 24.0. The Balaban J connectivity index is 1.37. The standard InChI is InChI=1S/C27H31NO7/c1-2-9-21-32-16-20-25(35-21)22(29)23(30)27(34-20)28-19(15-14-17-10-5-3-6-11-17)24(26(28)31)33-18-12-7-4-8-13-18/h3-8,10-15,19-25,27,29-30H,2,9,16H2,1H3/b15-14+/t19-,20+,21?,22+,23+,24+,25+,27+/m0/s1. The van der Waals surface area contributed by atoms with E-state index in [2.05, 4.69) is 0 Å². The van der Waals surface area contributed by atoms with Crippen LogP contribution >= 0.6 is 0 Å². The van der Waals surface area contributed by atoms with Gasteiger partial charge in [-0.1, -0.05) is 74.0 Å². The number of para-hydroxylation sites is 1. The molecule has 35 heavy (non-hydrogen) atoms. The van der Waals surface area contributed by atoms with E-state index in [1.807, 2.05) is 67.6 Å². The van der Waals surface area contributed by atoms with E-state index in [-0.39, 0.29) is 12.5 Å². The van der Waals surface area contributed by atoms with Gasteiger partial charge in [-0.2, -0.15) is 0 Å². The highest BCUT2D eigenvalue weighted by Crippen LogP contribution is 2.37. The summed E-state index contributed by atoms with van der Waals surface area (Å²) in [7, 11) is 0. The predicted octanol–water partition coefficient (Wildman–Crippen LogP) is 2.35. The number of aliphatic hydroxyl groups is 2. The lowest BCUT2D eigenvalue weighted by atomic mass is 9.90. The minimum Gasteiger partial charge on any atom is -0.478 e. The van der Waals surface area contributed by atoms with Gasteiger partial charge in [-0.25, -0.2) is 0 Å². The number of ether oxygens (including phenoxy) is 4. The SMILES string of the molecule is CCCC1OC[C@H]2O[C@@H](N3C(=O)[C@H](Oc4ccccc4)[C@@H]3/C=C/c3ccccc3)[C@H](O)[C@@H](O)[C@@H]2O1. The van der Waals surface area contributed by atoms with Crippen molar-refractivity contribution >= 4 is 12.0 Å². The van der Waals surface area contributed by atoms with E-state index in [4.69, 9.17) is 18.9 Å². The van der Waals surface area contributed by atoms with Crippen LogP contribution in [0.3, 0.4) is 0 Å². The Bertz CT molecular complexity index is 1010. The average Bonchev–Trinajstić information content (AvgIpc) is 2.89. The molecule has 8 nitrogen and oxygen atoms in total. The van der Waals surface area contributed by atoms with E-state index in [0.29, 0.717) is 12.2 Å². The number of carbonyl (C=O) groups is 1. The third-order valence-corrected chi connectivity index (χ3v) is 6.63. The maximum absolute atomic E-state index is 13.3. The molecule has 0 bridgehead atoms. The first-order chi connectivity index (χ1) is 17.1.